The highest BCUT2D eigenvalue weighted by Crippen LogP contribution is 2.39. The summed E-state index contributed by atoms with van der Waals surface area (Å²) in [6, 6.07) is 10.5. The van der Waals surface area contributed by atoms with Crippen molar-refractivity contribution in [2.45, 2.75) is 32.0 Å². The number of anilines is 2. The molecule has 1 fully saturated rings. The molecular weight excluding hydrogens is 511 g/mol. The van der Waals surface area contributed by atoms with Crippen molar-refractivity contribution in [2.75, 3.05) is 23.7 Å². The van der Waals surface area contributed by atoms with Gasteiger partial charge in [0.25, 0.3) is 0 Å². The maximum absolute atomic E-state index is 13.8. The van der Waals surface area contributed by atoms with Gasteiger partial charge in [-0.05, 0) is 81.2 Å². The second-order valence-corrected chi connectivity index (χ2v) is 8.89. The molecule has 12 heteroatoms. The number of ether oxygens (including phenoxy) is 2. The predicted molar refractivity (Wildman–Crippen MR) is 133 cm³/mol. The van der Waals surface area contributed by atoms with Gasteiger partial charge in [0, 0.05) is 17.4 Å². The van der Waals surface area contributed by atoms with Gasteiger partial charge in [0.2, 0.25) is 5.88 Å². The van der Waals surface area contributed by atoms with Crippen LogP contribution in [-0.4, -0.2) is 35.2 Å². The van der Waals surface area contributed by atoms with E-state index in [2.05, 4.69) is 25.9 Å². The summed E-state index contributed by atoms with van der Waals surface area (Å²) in [5.74, 6) is 0.591. The van der Waals surface area contributed by atoms with Crippen LogP contribution < -0.4 is 25.4 Å². The zero-order valence-electron chi connectivity index (χ0n) is 19.8. The smallest absolute Gasteiger partial charge is 0.420 e. The topological polar surface area (TPSA) is 97.4 Å². The quantitative estimate of drug-likeness (QED) is 0.305. The number of aromatic nitrogens is 2. The van der Waals surface area contributed by atoms with Crippen LogP contribution in [0.1, 0.15) is 25.3 Å². The van der Waals surface area contributed by atoms with Gasteiger partial charge in [0.05, 0.1) is 11.7 Å². The molecule has 1 aliphatic rings. The Kier molecular flexibility index (Phi) is 8.34. The molecule has 0 bridgehead atoms. The van der Waals surface area contributed by atoms with E-state index in [0.717, 1.165) is 32.0 Å². The third-order valence-corrected chi connectivity index (χ3v) is 6.05. The van der Waals surface area contributed by atoms with Gasteiger partial charge in [0.15, 0.2) is 0 Å². The molecule has 0 aliphatic carbocycles. The Hall–Kier alpha value is -3.57. The van der Waals surface area contributed by atoms with E-state index < -0.39 is 17.8 Å². The lowest BCUT2D eigenvalue weighted by molar-refractivity contribution is -0.139. The van der Waals surface area contributed by atoms with Crippen LogP contribution in [0.5, 0.6) is 17.4 Å². The van der Waals surface area contributed by atoms with E-state index in [1.807, 2.05) is 0 Å². The first kappa shape index (κ1) is 26.5. The molecule has 0 spiro atoms. The van der Waals surface area contributed by atoms with E-state index in [-0.39, 0.29) is 34.5 Å². The van der Waals surface area contributed by atoms with Crippen molar-refractivity contribution in [1.82, 2.24) is 15.3 Å². The summed E-state index contributed by atoms with van der Waals surface area (Å²) in [7, 11) is 0. The Morgan fingerprint density at radius 2 is 1.73 bits per heavy atom. The van der Waals surface area contributed by atoms with Crippen LogP contribution in [0.4, 0.5) is 29.3 Å². The van der Waals surface area contributed by atoms with E-state index in [0.29, 0.717) is 11.4 Å². The van der Waals surface area contributed by atoms with Gasteiger partial charge in [-0.15, -0.1) is 0 Å². The number of hydrogen-bond acceptors (Lipinski definition) is 6. The van der Waals surface area contributed by atoms with Crippen LogP contribution >= 0.6 is 11.6 Å². The molecular formula is C25H25ClF3N5O3. The molecule has 8 nitrogen and oxygen atoms in total. The highest BCUT2D eigenvalue weighted by atomic mass is 35.5. The van der Waals surface area contributed by atoms with Gasteiger partial charge in [0.1, 0.15) is 23.0 Å². The summed E-state index contributed by atoms with van der Waals surface area (Å²) in [6.45, 7) is 3.42. The van der Waals surface area contributed by atoms with Crippen LogP contribution in [-0.2, 0) is 6.18 Å². The molecule has 2 aromatic carbocycles. The molecule has 196 valence electrons. The number of carbonyl (C=O) groups is 1. The minimum atomic E-state index is -4.65. The fourth-order valence-corrected chi connectivity index (χ4v) is 4.07. The number of nitrogens with zero attached hydrogens (tertiary/aromatic N) is 2. The van der Waals surface area contributed by atoms with Crippen molar-refractivity contribution < 1.29 is 27.4 Å². The zero-order chi connectivity index (χ0) is 26.4. The fourth-order valence-electron chi connectivity index (χ4n) is 3.94. The van der Waals surface area contributed by atoms with Crippen LogP contribution in [0.3, 0.4) is 0 Å². The lowest BCUT2D eigenvalue weighted by Crippen LogP contribution is -2.35. The number of amides is 2. The maximum Gasteiger partial charge on any atom is 0.420 e. The molecule has 37 heavy (non-hydrogen) atoms. The molecule has 1 atom stereocenters. The Balaban J connectivity index is 1.38. The minimum Gasteiger partial charge on any atom is -0.490 e. The maximum atomic E-state index is 13.8. The number of rotatable bonds is 7. The van der Waals surface area contributed by atoms with Gasteiger partial charge in [-0.3, -0.25) is 0 Å². The lowest BCUT2D eigenvalue weighted by atomic mass is 9.93. The van der Waals surface area contributed by atoms with E-state index in [4.69, 9.17) is 21.1 Å². The van der Waals surface area contributed by atoms with Crippen molar-refractivity contribution in [3.05, 3.63) is 65.6 Å². The monoisotopic (exact) mass is 535 g/mol. The number of urea groups is 1. The van der Waals surface area contributed by atoms with E-state index in [1.54, 1.807) is 31.2 Å². The molecule has 1 aromatic heterocycles. The van der Waals surface area contributed by atoms with Gasteiger partial charge in [-0.25, -0.2) is 14.8 Å². The van der Waals surface area contributed by atoms with Crippen LogP contribution in [0.25, 0.3) is 0 Å². The number of carbonyl (C=O) groups excluding carboxylic acids is 1. The number of benzene rings is 2. The SMILES string of the molecule is CC(Oc1ccc(NC(=O)Nc2ccc(Oc3cc(Cl)ncn3)cc2)cc1C(F)(F)F)C1CCNCC1. The van der Waals surface area contributed by atoms with Crippen molar-refractivity contribution in [3.8, 4) is 17.4 Å². The minimum absolute atomic E-state index is 0.0210. The molecule has 1 saturated heterocycles. The summed E-state index contributed by atoms with van der Waals surface area (Å²) in [4.78, 5) is 20.1. The van der Waals surface area contributed by atoms with Gasteiger partial charge < -0.3 is 25.4 Å². The third kappa shape index (κ3) is 7.46. The summed E-state index contributed by atoms with van der Waals surface area (Å²) in [5.41, 5.74) is -0.568. The highest BCUT2D eigenvalue weighted by Gasteiger charge is 2.36. The van der Waals surface area contributed by atoms with Crippen molar-refractivity contribution in [3.63, 3.8) is 0 Å². The number of nitrogens with one attached hydrogen (secondary N) is 3. The normalized spacial score (nSPS) is 15.1. The number of piperidine rings is 1. The third-order valence-electron chi connectivity index (χ3n) is 5.85. The standard InChI is InChI=1S/C25H25ClF3N5O3/c1-15(16-8-10-30-11-9-16)36-21-7-4-18(12-20(21)25(27,28)29)34-24(35)33-17-2-5-19(6-3-17)37-23-13-22(26)31-14-32-23/h2-7,12-16,30H,8-11H2,1H3,(H2,33,34,35). The van der Waals surface area contributed by atoms with E-state index in [1.165, 1.54) is 24.5 Å². The Bertz CT molecular complexity index is 1220. The molecule has 0 saturated carbocycles. The zero-order valence-corrected chi connectivity index (χ0v) is 20.6. The summed E-state index contributed by atoms with van der Waals surface area (Å²) in [5, 5.41) is 8.45. The molecule has 1 unspecified atom stereocenters. The van der Waals surface area contributed by atoms with Gasteiger partial charge >= 0.3 is 12.2 Å². The number of hydrogen-bond donors (Lipinski definition) is 3. The van der Waals surface area contributed by atoms with Crippen molar-refractivity contribution in [2.24, 2.45) is 5.92 Å². The molecule has 0 radical (unpaired) electrons. The predicted octanol–water partition coefficient (Wildman–Crippen LogP) is 6.35. The Morgan fingerprint density at radius 3 is 2.41 bits per heavy atom. The first-order chi connectivity index (χ1) is 17.7. The average Bonchev–Trinajstić information content (AvgIpc) is 2.86. The number of alkyl halides is 3. The van der Waals surface area contributed by atoms with E-state index in [9.17, 15) is 18.0 Å². The molecule has 1 aliphatic heterocycles. The lowest BCUT2D eigenvalue weighted by Gasteiger charge is -2.29. The Labute approximate surface area is 216 Å². The molecule has 2 amide bonds. The first-order valence-electron chi connectivity index (χ1n) is 11.6. The summed E-state index contributed by atoms with van der Waals surface area (Å²) >= 11 is 5.80. The highest BCUT2D eigenvalue weighted by molar-refractivity contribution is 6.29. The number of halogens is 4. The first-order valence-corrected chi connectivity index (χ1v) is 12.0. The second-order valence-electron chi connectivity index (χ2n) is 8.50. The molecule has 3 N–H and O–H groups in total. The second kappa shape index (κ2) is 11.7. The van der Waals surface area contributed by atoms with Crippen LogP contribution in [0, 0.1) is 5.92 Å². The van der Waals surface area contributed by atoms with Crippen molar-refractivity contribution in [1.29, 1.82) is 0 Å². The fraction of sp³-hybridized carbons (Fsp3) is 0.320. The average molecular weight is 536 g/mol. The largest absolute Gasteiger partial charge is 0.490 e. The van der Waals surface area contributed by atoms with Gasteiger partial charge in [-0.1, -0.05) is 11.6 Å². The Morgan fingerprint density at radius 1 is 1.05 bits per heavy atom. The molecule has 2 heterocycles. The molecule has 3 aromatic rings. The summed E-state index contributed by atoms with van der Waals surface area (Å²) < 4.78 is 52.6. The van der Waals surface area contributed by atoms with Gasteiger partial charge in [-0.2, -0.15) is 13.2 Å². The van der Waals surface area contributed by atoms with Crippen molar-refractivity contribution >= 4 is 29.0 Å². The van der Waals surface area contributed by atoms with E-state index >= 15 is 0 Å². The van der Waals surface area contributed by atoms with Crippen LogP contribution in [0.2, 0.25) is 5.15 Å². The molecule has 4 rings (SSSR count). The van der Waals surface area contributed by atoms with Crippen LogP contribution in [0.15, 0.2) is 54.9 Å². The summed E-state index contributed by atoms with van der Waals surface area (Å²) in [6.07, 6.45) is -2.09.